The average Bonchev–Trinajstić information content (AvgIpc) is 3.15. The summed E-state index contributed by atoms with van der Waals surface area (Å²) < 4.78 is 5.55. The summed E-state index contributed by atoms with van der Waals surface area (Å²) in [6.45, 7) is 9.83. The summed E-state index contributed by atoms with van der Waals surface area (Å²) in [5, 5.41) is 0. The first-order valence-corrected chi connectivity index (χ1v) is 7.51. The van der Waals surface area contributed by atoms with Gasteiger partial charge in [-0.15, -0.1) is 0 Å². The van der Waals surface area contributed by atoms with E-state index in [0.717, 1.165) is 30.9 Å². The third kappa shape index (κ3) is 2.45. The summed E-state index contributed by atoms with van der Waals surface area (Å²) in [5.41, 5.74) is 6.29. The Morgan fingerprint density at radius 2 is 1.94 bits per heavy atom. The first kappa shape index (κ1) is 14.3. The molecule has 3 nitrogen and oxygen atoms in total. The fourth-order valence-electron chi connectivity index (χ4n) is 3.95. The molecule has 0 amide bonds. The van der Waals surface area contributed by atoms with Gasteiger partial charge in [0.25, 0.3) is 0 Å². The maximum absolute atomic E-state index is 6.20. The van der Waals surface area contributed by atoms with Gasteiger partial charge in [-0.2, -0.15) is 0 Å². The Balaban J connectivity index is 2.22. The Labute approximate surface area is 112 Å². The lowest BCUT2D eigenvalue weighted by molar-refractivity contribution is -0.0642. The summed E-state index contributed by atoms with van der Waals surface area (Å²) in [6.07, 6.45) is 4.00. The maximum Gasteiger partial charge on any atom is 0.0661 e. The number of nitrogens with two attached hydrogens (primary N) is 1. The van der Waals surface area contributed by atoms with Crippen LogP contribution >= 0.6 is 0 Å². The zero-order valence-corrected chi connectivity index (χ0v) is 12.5. The fourth-order valence-corrected chi connectivity index (χ4v) is 3.95. The van der Waals surface area contributed by atoms with Crippen molar-refractivity contribution in [2.45, 2.75) is 51.6 Å². The molecule has 0 bridgehead atoms. The molecule has 0 aromatic carbocycles. The Morgan fingerprint density at radius 3 is 2.44 bits per heavy atom. The van der Waals surface area contributed by atoms with E-state index in [4.69, 9.17) is 10.5 Å². The molecule has 1 saturated carbocycles. The molecule has 2 aliphatic rings. The number of hydrogen-bond donors (Lipinski definition) is 1. The van der Waals surface area contributed by atoms with Crippen LogP contribution in [0.1, 0.15) is 40.0 Å². The lowest BCUT2D eigenvalue weighted by atomic mass is 9.80. The lowest BCUT2D eigenvalue weighted by Gasteiger charge is -2.52. The van der Waals surface area contributed by atoms with Crippen molar-refractivity contribution in [3.8, 4) is 0 Å². The third-order valence-corrected chi connectivity index (χ3v) is 5.25. The van der Waals surface area contributed by atoms with E-state index in [1.165, 1.54) is 25.8 Å². The highest BCUT2D eigenvalue weighted by molar-refractivity contribution is 5.06. The van der Waals surface area contributed by atoms with Crippen molar-refractivity contribution in [2.24, 2.45) is 23.5 Å². The molecule has 0 aromatic rings. The van der Waals surface area contributed by atoms with Gasteiger partial charge in [-0.25, -0.2) is 0 Å². The quantitative estimate of drug-likeness (QED) is 0.816. The Morgan fingerprint density at radius 1 is 1.28 bits per heavy atom. The summed E-state index contributed by atoms with van der Waals surface area (Å²) in [4.78, 5) is 2.69. The van der Waals surface area contributed by atoms with E-state index in [2.05, 4.69) is 25.7 Å². The standard InChI is InChI=1S/C15H30N2O/c1-11-7-12(2)13(3)17(8-11)15(9-16,10-18-4)14-5-6-14/h11-14H,5-10,16H2,1-4H3. The predicted octanol–water partition coefficient (Wildman–Crippen LogP) is 2.11. The molecule has 106 valence electrons. The topological polar surface area (TPSA) is 38.5 Å². The Hall–Kier alpha value is -0.120. The highest BCUT2D eigenvalue weighted by Gasteiger charge is 2.51. The SMILES string of the molecule is COCC(CN)(C1CC1)N1CC(C)CC(C)C1C. The van der Waals surface area contributed by atoms with Gasteiger partial charge in [0, 0.05) is 26.2 Å². The van der Waals surface area contributed by atoms with Crippen molar-refractivity contribution in [1.82, 2.24) is 4.90 Å². The molecule has 4 atom stereocenters. The monoisotopic (exact) mass is 254 g/mol. The number of rotatable bonds is 5. The molecule has 0 spiro atoms. The van der Waals surface area contributed by atoms with E-state index < -0.39 is 0 Å². The second kappa shape index (κ2) is 5.48. The largest absolute Gasteiger partial charge is 0.383 e. The van der Waals surface area contributed by atoms with Crippen molar-refractivity contribution in [3.05, 3.63) is 0 Å². The maximum atomic E-state index is 6.20. The van der Waals surface area contributed by atoms with Gasteiger partial charge in [-0.05, 0) is 43.9 Å². The van der Waals surface area contributed by atoms with E-state index in [1.54, 1.807) is 0 Å². The minimum Gasteiger partial charge on any atom is -0.383 e. The first-order chi connectivity index (χ1) is 8.55. The van der Waals surface area contributed by atoms with Gasteiger partial charge >= 0.3 is 0 Å². The van der Waals surface area contributed by atoms with Gasteiger partial charge in [0.2, 0.25) is 0 Å². The van der Waals surface area contributed by atoms with Crippen molar-refractivity contribution in [2.75, 3.05) is 26.8 Å². The van der Waals surface area contributed by atoms with Gasteiger partial charge in [-0.3, -0.25) is 4.90 Å². The van der Waals surface area contributed by atoms with Gasteiger partial charge in [0.1, 0.15) is 0 Å². The van der Waals surface area contributed by atoms with E-state index in [0.29, 0.717) is 6.04 Å². The molecule has 0 radical (unpaired) electrons. The van der Waals surface area contributed by atoms with Crippen LogP contribution < -0.4 is 5.73 Å². The molecule has 4 unspecified atom stereocenters. The summed E-state index contributed by atoms with van der Waals surface area (Å²) in [7, 11) is 1.81. The van der Waals surface area contributed by atoms with E-state index in [9.17, 15) is 0 Å². The van der Waals surface area contributed by atoms with Gasteiger partial charge < -0.3 is 10.5 Å². The normalized spacial score (nSPS) is 37.5. The molecule has 1 heterocycles. The zero-order chi connectivity index (χ0) is 13.3. The summed E-state index contributed by atoms with van der Waals surface area (Å²) in [6, 6.07) is 0.625. The van der Waals surface area contributed by atoms with Crippen LogP contribution in [0.15, 0.2) is 0 Å². The number of methoxy groups -OCH3 is 1. The number of ether oxygens (including phenoxy) is 1. The predicted molar refractivity (Wildman–Crippen MR) is 75.5 cm³/mol. The van der Waals surface area contributed by atoms with Crippen molar-refractivity contribution >= 4 is 0 Å². The molecule has 18 heavy (non-hydrogen) atoms. The van der Waals surface area contributed by atoms with Crippen LogP contribution in [-0.2, 0) is 4.74 Å². The molecule has 1 aliphatic carbocycles. The van der Waals surface area contributed by atoms with E-state index in [-0.39, 0.29) is 5.54 Å². The number of hydrogen-bond acceptors (Lipinski definition) is 3. The zero-order valence-electron chi connectivity index (χ0n) is 12.5. The molecule has 0 aromatic heterocycles. The van der Waals surface area contributed by atoms with Crippen LogP contribution in [-0.4, -0.2) is 43.3 Å². The van der Waals surface area contributed by atoms with Crippen LogP contribution in [0.25, 0.3) is 0 Å². The molecular weight excluding hydrogens is 224 g/mol. The van der Waals surface area contributed by atoms with E-state index >= 15 is 0 Å². The highest BCUT2D eigenvalue weighted by Crippen LogP contribution is 2.46. The summed E-state index contributed by atoms with van der Waals surface area (Å²) in [5.74, 6) is 2.29. The van der Waals surface area contributed by atoms with Gasteiger partial charge in [0.15, 0.2) is 0 Å². The molecule has 1 aliphatic heterocycles. The van der Waals surface area contributed by atoms with E-state index in [1.807, 2.05) is 7.11 Å². The number of piperidine rings is 1. The smallest absolute Gasteiger partial charge is 0.0661 e. The highest BCUT2D eigenvalue weighted by atomic mass is 16.5. The third-order valence-electron chi connectivity index (χ3n) is 5.25. The molecule has 2 N–H and O–H groups in total. The Bertz CT molecular complexity index is 280. The first-order valence-electron chi connectivity index (χ1n) is 7.51. The van der Waals surface area contributed by atoms with Gasteiger partial charge in [0.05, 0.1) is 12.1 Å². The second-order valence-corrected chi connectivity index (χ2v) is 6.73. The molecule has 3 heteroatoms. The van der Waals surface area contributed by atoms with Crippen LogP contribution in [0.5, 0.6) is 0 Å². The molecular formula is C15H30N2O. The fraction of sp³-hybridized carbons (Fsp3) is 1.00. The minimum atomic E-state index is 0.0944. The minimum absolute atomic E-state index is 0.0944. The molecule has 1 saturated heterocycles. The second-order valence-electron chi connectivity index (χ2n) is 6.73. The van der Waals surface area contributed by atoms with Crippen LogP contribution in [0.4, 0.5) is 0 Å². The average molecular weight is 254 g/mol. The van der Waals surface area contributed by atoms with Gasteiger partial charge in [-0.1, -0.05) is 13.8 Å². The Kier molecular flexibility index (Phi) is 4.35. The molecule has 2 rings (SSSR count). The van der Waals surface area contributed by atoms with Crippen molar-refractivity contribution in [3.63, 3.8) is 0 Å². The number of nitrogens with zero attached hydrogens (tertiary/aromatic N) is 1. The number of likely N-dealkylation sites (tertiary alicyclic amines) is 1. The molecule has 2 fully saturated rings. The summed E-state index contributed by atoms with van der Waals surface area (Å²) >= 11 is 0. The van der Waals surface area contributed by atoms with Crippen molar-refractivity contribution < 1.29 is 4.74 Å². The van der Waals surface area contributed by atoms with Crippen LogP contribution in [0, 0.1) is 17.8 Å². The van der Waals surface area contributed by atoms with Crippen LogP contribution in [0.2, 0.25) is 0 Å². The van der Waals surface area contributed by atoms with Crippen molar-refractivity contribution in [1.29, 1.82) is 0 Å². The van der Waals surface area contributed by atoms with Crippen LogP contribution in [0.3, 0.4) is 0 Å². The lowest BCUT2D eigenvalue weighted by Crippen LogP contribution is -2.65.